The SMILES string of the molecule is COc1ccc(-n2ncc3c2CC(C)(C)C[C@@H]3NCc2c(C)nn(C)c2Cl)cc1. The summed E-state index contributed by atoms with van der Waals surface area (Å²) in [6.45, 7) is 7.32. The molecular formula is C22H28ClN5O. The van der Waals surface area contributed by atoms with E-state index in [1.165, 1.54) is 11.3 Å². The molecule has 0 bridgehead atoms. The Morgan fingerprint density at radius 2 is 2.00 bits per heavy atom. The second-order valence-corrected chi connectivity index (χ2v) is 8.97. The molecule has 154 valence electrons. The molecule has 1 atom stereocenters. The van der Waals surface area contributed by atoms with E-state index in [-0.39, 0.29) is 11.5 Å². The maximum Gasteiger partial charge on any atom is 0.131 e. The predicted molar refractivity (Wildman–Crippen MR) is 115 cm³/mol. The average molecular weight is 414 g/mol. The van der Waals surface area contributed by atoms with E-state index in [4.69, 9.17) is 21.4 Å². The number of methoxy groups -OCH3 is 1. The third-order valence-electron chi connectivity index (χ3n) is 5.79. The molecule has 0 amide bonds. The van der Waals surface area contributed by atoms with Crippen LogP contribution in [0.3, 0.4) is 0 Å². The van der Waals surface area contributed by atoms with Gasteiger partial charge in [-0.15, -0.1) is 0 Å². The van der Waals surface area contributed by atoms with Crippen molar-refractivity contribution in [3.8, 4) is 11.4 Å². The van der Waals surface area contributed by atoms with Crippen LogP contribution < -0.4 is 10.1 Å². The van der Waals surface area contributed by atoms with Gasteiger partial charge in [0.1, 0.15) is 10.9 Å². The van der Waals surface area contributed by atoms with E-state index in [1.807, 2.05) is 32.3 Å². The Hall–Kier alpha value is -2.31. The lowest BCUT2D eigenvalue weighted by Crippen LogP contribution is -2.33. The summed E-state index contributed by atoms with van der Waals surface area (Å²) >= 11 is 6.43. The fraction of sp³-hybridized carbons (Fsp3) is 0.455. The molecule has 2 heterocycles. The molecule has 29 heavy (non-hydrogen) atoms. The second-order valence-electron chi connectivity index (χ2n) is 8.61. The van der Waals surface area contributed by atoms with Crippen LogP contribution in [0.1, 0.15) is 48.8 Å². The summed E-state index contributed by atoms with van der Waals surface area (Å²) in [7, 11) is 3.55. The highest BCUT2D eigenvalue weighted by molar-refractivity contribution is 6.30. The van der Waals surface area contributed by atoms with Crippen molar-refractivity contribution in [2.75, 3.05) is 7.11 Å². The van der Waals surface area contributed by atoms with Crippen LogP contribution in [0.2, 0.25) is 5.15 Å². The molecule has 3 aromatic rings. The normalized spacial score (nSPS) is 17.9. The minimum atomic E-state index is 0.169. The lowest BCUT2D eigenvalue weighted by Gasteiger charge is -2.36. The van der Waals surface area contributed by atoms with E-state index < -0.39 is 0 Å². The van der Waals surface area contributed by atoms with Gasteiger partial charge in [0, 0.05) is 36.5 Å². The molecule has 0 unspecified atom stereocenters. The molecule has 7 heteroatoms. The standard InChI is InChI=1S/C22H28ClN5O/c1-14-17(21(23)27(4)26-14)12-24-19-10-22(2,3)11-20-18(19)13-25-28(20)15-6-8-16(29-5)9-7-15/h6-9,13,19,24H,10-12H2,1-5H3/t19-/m0/s1. The molecule has 1 aromatic carbocycles. The van der Waals surface area contributed by atoms with Crippen LogP contribution in [0.15, 0.2) is 30.5 Å². The van der Waals surface area contributed by atoms with Gasteiger partial charge in [-0.2, -0.15) is 10.2 Å². The van der Waals surface area contributed by atoms with Gasteiger partial charge in [-0.1, -0.05) is 25.4 Å². The molecular weight excluding hydrogens is 386 g/mol. The zero-order valence-corrected chi connectivity index (χ0v) is 18.4. The maximum absolute atomic E-state index is 6.43. The van der Waals surface area contributed by atoms with E-state index in [9.17, 15) is 0 Å². The summed E-state index contributed by atoms with van der Waals surface area (Å²) in [6.07, 6.45) is 4.04. The zero-order valence-electron chi connectivity index (χ0n) is 17.7. The Balaban J connectivity index is 1.63. The highest BCUT2D eigenvalue weighted by atomic mass is 35.5. The second kappa shape index (κ2) is 7.50. The minimum Gasteiger partial charge on any atom is -0.497 e. The summed E-state index contributed by atoms with van der Waals surface area (Å²) in [6, 6.07) is 8.26. The summed E-state index contributed by atoms with van der Waals surface area (Å²) in [4.78, 5) is 0. The molecule has 1 aliphatic rings. The first-order valence-electron chi connectivity index (χ1n) is 9.91. The number of benzene rings is 1. The van der Waals surface area contributed by atoms with E-state index >= 15 is 0 Å². The Bertz CT molecular complexity index is 1020. The van der Waals surface area contributed by atoms with Gasteiger partial charge < -0.3 is 10.1 Å². The van der Waals surface area contributed by atoms with E-state index in [0.29, 0.717) is 11.7 Å². The molecule has 0 spiro atoms. The number of nitrogens with zero attached hydrogens (tertiary/aromatic N) is 4. The quantitative estimate of drug-likeness (QED) is 0.674. The summed E-state index contributed by atoms with van der Waals surface area (Å²) in [5.74, 6) is 0.846. The average Bonchev–Trinajstić information content (AvgIpc) is 3.20. The van der Waals surface area contributed by atoms with Crippen molar-refractivity contribution in [3.63, 3.8) is 0 Å². The van der Waals surface area contributed by atoms with Gasteiger partial charge in [0.05, 0.1) is 24.7 Å². The Labute approximate surface area is 176 Å². The molecule has 4 rings (SSSR count). The molecule has 0 fully saturated rings. The van der Waals surface area contributed by atoms with E-state index in [2.05, 4.69) is 41.1 Å². The maximum atomic E-state index is 6.43. The number of ether oxygens (including phenoxy) is 1. The van der Waals surface area contributed by atoms with Crippen LogP contribution >= 0.6 is 11.6 Å². The summed E-state index contributed by atoms with van der Waals surface area (Å²) < 4.78 is 9.08. The largest absolute Gasteiger partial charge is 0.497 e. The van der Waals surface area contributed by atoms with Gasteiger partial charge in [-0.3, -0.25) is 4.68 Å². The molecule has 0 saturated carbocycles. The number of halogens is 1. The highest BCUT2D eigenvalue weighted by Gasteiger charge is 2.35. The van der Waals surface area contributed by atoms with Crippen molar-refractivity contribution in [1.82, 2.24) is 24.9 Å². The van der Waals surface area contributed by atoms with Crippen LogP contribution in [-0.2, 0) is 20.0 Å². The van der Waals surface area contributed by atoms with Crippen LogP contribution in [0.4, 0.5) is 0 Å². The van der Waals surface area contributed by atoms with Gasteiger partial charge in [0.25, 0.3) is 0 Å². The van der Waals surface area contributed by atoms with E-state index in [1.54, 1.807) is 11.8 Å². The number of rotatable bonds is 5. The van der Waals surface area contributed by atoms with Crippen molar-refractivity contribution in [3.05, 3.63) is 58.1 Å². The molecule has 1 N–H and O–H groups in total. The van der Waals surface area contributed by atoms with Crippen molar-refractivity contribution in [2.45, 2.75) is 46.2 Å². The monoisotopic (exact) mass is 413 g/mol. The molecule has 6 nitrogen and oxygen atoms in total. The fourth-order valence-corrected chi connectivity index (χ4v) is 4.51. The lowest BCUT2D eigenvalue weighted by molar-refractivity contribution is 0.252. The van der Waals surface area contributed by atoms with Crippen LogP contribution in [0.5, 0.6) is 5.75 Å². The minimum absolute atomic E-state index is 0.169. The number of nitrogens with one attached hydrogen (secondary N) is 1. The first-order chi connectivity index (χ1) is 13.8. The molecule has 2 aromatic heterocycles. The molecule has 0 radical (unpaired) electrons. The predicted octanol–water partition coefficient (Wildman–Crippen LogP) is 4.38. The van der Waals surface area contributed by atoms with Gasteiger partial charge in [-0.25, -0.2) is 4.68 Å². The smallest absolute Gasteiger partial charge is 0.131 e. The Morgan fingerprint density at radius 3 is 2.62 bits per heavy atom. The van der Waals surface area contributed by atoms with Crippen molar-refractivity contribution >= 4 is 11.6 Å². The van der Waals surface area contributed by atoms with Gasteiger partial charge in [0.15, 0.2) is 0 Å². The van der Waals surface area contributed by atoms with Crippen LogP contribution in [0, 0.1) is 12.3 Å². The Kier molecular flexibility index (Phi) is 5.17. The number of aryl methyl sites for hydroxylation is 2. The number of aromatic nitrogens is 4. The first kappa shape index (κ1) is 20.0. The van der Waals surface area contributed by atoms with Crippen molar-refractivity contribution in [2.24, 2.45) is 12.5 Å². The van der Waals surface area contributed by atoms with Crippen molar-refractivity contribution in [1.29, 1.82) is 0 Å². The molecule has 0 saturated heterocycles. The highest BCUT2D eigenvalue weighted by Crippen LogP contribution is 2.41. The van der Waals surface area contributed by atoms with Gasteiger partial charge in [0.2, 0.25) is 0 Å². The number of hydrogen-bond donors (Lipinski definition) is 1. The van der Waals surface area contributed by atoms with Gasteiger partial charge >= 0.3 is 0 Å². The number of fused-ring (bicyclic) bond motifs is 1. The lowest BCUT2D eigenvalue weighted by atomic mass is 9.74. The van der Waals surface area contributed by atoms with Gasteiger partial charge in [-0.05, 0) is 49.4 Å². The van der Waals surface area contributed by atoms with E-state index in [0.717, 1.165) is 35.5 Å². The zero-order chi connectivity index (χ0) is 20.8. The Morgan fingerprint density at radius 1 is 1.28 bits per heavy atom. The third-order valence-corrected chi connectivity index (χ3v) is 6.26. The molecule has 1 aliphatic carbocycles. The van der Waals surface area contributed by atoms with Crippen LogP contribution in [-0.4, -0.2) is 26.7 Å². The number of hydrogen-bond acceptors (Lipinski definition) is 4. The summed E-state index contributed by atoms with van der Waals surface area (Å²) in [5, 5.41) is 13.6. The fourth-order valence-electron chi connectivity index (χ4n) is 4.27. The molecule has 0 aliphatic heterocycles. The van der Waals surface area contributed by atoms with Crippen molar-refractivity contribution < 1.29 is 4.74 Å². The summed E-state index contributed by atoms with van der Waals surface area (Å²) in [5.41, 5.74) is 5.77. The third kappa shape index (κ3) is 3.79. The topological polar surface area (TPSA) is 56.9 Å². The first-order valence-corrected chi connectivity index (χ1v) is 10.3. The van der Waals surface area contributed by atoms with Crippen LogP contribution in [0.25, 0.3) is 5.69 Å².